The topological polar surface area (TPSA) is 23.8 Å². The Labute approximate surface area is 44.1 Å². The van der Waals surface area contributed by atoms with E-state index in [9.17, 15) is 0 Å². The summed E-state index contributed by atoms with van der Waals surface area (Å²) >= 11 is 3.09. The summed E-state index contributed by atoms with van der Waals surface area (Å²) in [6.45, 7) is 0. The molecular weight excluding hydrogens is 65.0 g/mol. The molecule has 0 saturated heterocycles. The van der Waals surface area contributed by atoms with Gasteiger partial charge in [-0.25, -0.2) is 0 Å². The van der Waals surface area contributed by atoms with Gasteiger partial charge in [0.05, 0.1) is 0 Å². The second-order valence-electron chi connectivity index (χ2n) is 0.100. The molecule has 0 amide bonds. The number of rotatable bonds is 0. The predicted octanol–water partition coefficient (Wildman–Crippen LogP) is -2.49. The van der Waals surface area contributed by atoms with Crippen molar-refractivity contribution in [2.75, 3.05) is 0 Å². The summed E-state index contributed by atoms with van der Waals surface area (Å²) in [6.07, 6.45) is 0. The molecule has 0 aromatic heterocycles. The largest absolute Gasteiger partial charge is 1.00 e. The first-order valence-corrected chi connectivity index (χ1v) is 0.894. The Morgan fingerprint density at radius 3 is 2.00 bits per heavy atom. The Kier molecular flexibility index (Phi) is 21.8. The molecule has 0 atom stereocenters. The van der Waals surface area contributed by atoms with E-state index in [1.54, 1.807) is 0 Å². The van der Waals surface area contributed by atoms with E-state index in [1.165, 1.54) is 5.40 Å². The minimum Gasteiger partial charge on any atom is -1.00 e. The normalized spacial score (nSPS) is 2.00. The summed E-state index contributed by atoms with van der Waals surface area (Å²) in [5, 5.41) is 8.63. The molecule has 0 aliphatic heterocycles. The summed E-state index contributed by atoms with van der Waals surface area (Å²) in [4.78, 5) is 0. The number of nitriles is 1. The third-order valence-electron chi connectivity index (χ3n) is 0. The smallest absolute Gasteiger partial charge is 1.00 e. The summed E-state index contributed by atoms with van der Waals surface area (Å²) in [5.41, 5.74) is 0. The summed E-state index contributed by atoms with van der Waals surface area (Å²) in [7, 11) is 0. The van der Waals surface area contributed by atoms with Crippen LogP contribution in [0.5, 0.6) is 0 Å². The monoisotopic (exact) mass is 67.0 g/mol. The maximum absolute atomic E-state index is 7.18. The Balaban J connectivity index is -0.0000000200. The van der Waals surface area contributed by atoms with E-state index < -0.39 is 0 Å². The van der Waals surface area contributed by atoms with Crippen molar-refractivity contribution in [3.05, 3.63) is 0 Å². The van der Waals surface area contributed by atoms with Crippen molar-refractivity contribution >= 4 is 12.6 Å². The fourth-order valence-corrected chi connectivity index (χ4v) is 0. The van der Waals surface area contributed by atoms with Gasteiger partial charge in [0.1, 0.15) is 5.40 Å². The number of thiocyanates is 1. The van der Waals surface area contributed by atoms with Gasteiger partial charge < -0.3 is 1.43 Å². The zero-order chi connectivity index (χ0) is 2.71. The molecule has 0 heterocycles. The van der Waals surface area contributed by atoms with E-state index in [0.717, 1.165) is 0 Å². The van der Waals surface area contributed by atoms with E-state index in [4.69, 9.17) is 5.26 Å². The van der Waals surface area contributed by atoms with Crippen molar-refractivity contribution in [3.63, 3.8) is 0 Å². The molecule has 1 nitrogen and oxygen atoms in total. The van der Waals surface area contributed by atoms with Gasteiger partial charge in [-0.15, -0.1) is 0 Å². The van der Waals surface area contributed by atoms with E-state index in [1.807, 2.05) is 0 Å². The molecule has 0 bridgehead atoms. The van der Waals surface area contributed by atoms with Gasteiger partial charge in [0.15, 0.2) is 0 Å². The molecule has 0 unspecified atom stereocenters. The number of hydrogen-bond donors (Lipinski definition) is 1. The minimum atomic E-state index is 0. The van der Waals surface area contributed by atoms with Crippen LogP contribution in [-0.2, 0) is 0 Å². The molecule has 0 saturated carbocycles. The van der Waals surface area contributed by atoms with Crippen molar-refractivity contribution in [1.29, 1.82) is 5.26 Å². The van der Waals surface area contributed by atoms with Gasteiger partial charge in [0.2, 0.25) is 0 Å². The van der Waals surface area contributed by atoms with Crippen molar-refractivity contribution < 1.29 is 20.3 Å². The first-order valence-electron chi connectivity index (χ1n) is 0.447. The first kappa shape index (κ1) is 8.83. The second kappa shape index (κ2) is 9.88. The van der Waals surface area contributed by atoms with Gasteiger partial charge >= 0.3 is 18.9 Å². The molecule has 0 aliphatic carbocycles. The van der Waals surface area contributed by atoms with Gasteiger partial charge in [-0.05, 0) is 0 Å². The number of hydrogen-bond acceptors (Lipinski definition) is 2. The molecule has 4 heavy (non-hydrogen) atoms. The van der Waals surface area contributed by atoms with Crippen LogP contribution in [0.1, 0.15) is 1.43 Å². The Morgan fingerprint density at radius 2 is 2.00 bits per heavy atom. The maximum Gasteiger partial charge on any atom is 1.00 e. The van der Waals surface area contributed by atoms with E-state index >= 15 is 0 Å². The second-order valence-corrected chi connectivity index (χ2v) is 0.300. The van der Waals surface area contributed by atoms with Crippen LogP contribution >= 0.6 is 12.6 Å². The predicted molar refractivity (Wildman–Crippen MR) is 15.7 cm³/mol. The van der Waals surface area contributed by atoms with E-state index in [2.05, 4.69) is 12.6 Å². The standard InChI is InChI=1S/CHNS.Li.H/c2-1-3;;/h3H;;/q;+1;-1. The quantitative estimate of drug-likeness (QED) is 0.189. The molecule has 18 valence electrons. The molecule has 0 radical (unpaired) electrons. The third kappa shape index (κ3) is 26.3. The molecule has 0 aliphatic rings. The summed E-state index contributed by atoms with van der Waals surface area (Å²) < 4.78 is 0. The SMILES string of the molecule is N#CS.[H-].[Li+]. The Bertz CT molecular complexity index is 33.1. The van der Waals surface area contributed by atoms with Crippen LogP contribution in [0.2, 0.25) is 0 Å². The molecular formula is CH2LiNS. The van der Waals surface area contributed by atoms with Crippen molar-refractivity contribution in [2.45, 2.75) is 0 Å². The van der Waals surface area contributed by atoms with Crippen LogP contribution in [-0.4, -0.2) is 0 Å². The molecule has 0 spiro atoms. The van der Waals surface area contributed by atoms with Gasteiger partial charge in [0, 0.05) is 0 Å². The molecule has 0 fully saturated rings. The summed E-state index contributed by atoms with van der Waals surface area (Å²) in [5.74, 6) is 0. The van der Waals surface area contributed by atoms with Gasteiger partial charge in [-0.1, -0.05) is 12.6 Å². The van der Waals surface area contributed by atoms with Crippen LogP contribution in [0, 0.1) is 10.7 Å². The van der Waals surface area contributed by atoms with Crippen molar-refractivity contribution in [3.8, 4) is 5.40 Å². The number of nitrogens with zero attached hydrogens (tertiary/aromatic N) is 1. The molecule has 0 aromatic carbocycles. The maximum atomic E-state index is 7.18. The molecule has 3 heteroatoms. The van der Waals surface area contributed by atoms with Crippen molar-refractivity contribution in [1.82, 2.24) is 0 Å². The Hall–Kier alpha value is 0.437. The van der Waals surface area contributed by atoms with Crippen LogP contribution in [0.4, 0.5) is 0 Å². The van der Waals surface area contributed by atoms with Gasteiger partial charge in [-0.3, -0.25) is 0 Å². The number of thiol groups is 1. The zero-order valence-electron chi connectivity index (χ0n) is 3.39. The van der Waals surface area contributed by atoms with E-state index in [0.29, 0.717) is 0 Å². The van der Waals surface area contributed by atoms with Crippen LogP contribution in [0.15, 0.2) is 0 Å². The average Bonchev–Trinajstić information content (AvgIpc) is 0.918. The summed E-state index contributed by atoms with van der Waals surface area (Å²) in [6, 6.07) is 0. The van der Waals surface area contributed by atoms with Crippen LogP contribution < -0.4 is 18.9 Å². The fraction of sp³-hybridized carbons (Fsp3) is 0. The average molecular weight is 67.0 g/mol. The van der Waals surface area contributed by atoms with Crippen LogP contribution in [0.3, 0.4) is 0 Å². The minimum absolute atomic E-state index is 0. The van der Waals surface area contributed by atoms with Gasteiger partial charge in [-0.2, -0.15) is 5.26 Å². The van der Waals surface area contributed by atoms with E-state index in [-0.39, 0.29) is 20.3 Å². The third-order valence-corrected chi connectivity index (χ3v) is 0. The van der Waals surface area contributed by atoms with Crippen LogP contribution in [0.25, 0.3) is 0 Å². The zero-order valence-corrected chi connectivity index (χ0v) is 3.29. The van der Waals surface area contributed by atoms with Gasteiger partial charge in [0.25, 0.3) is 0 Å². The Morgan fingerprint density at radius 1 is 2.00 bits per heavy atom. The first-order chi connectivity index (χ1) is 1.41. The van der Waals surface area contributed by atoms with Crippen molar-refractivity contribution in [2.24, 2.45) is 0 Å². The fourth-order valence-electron chi connectivity index (χ4n) is 0. The molecule has 0 rings (SSSR count). The molecule has 0 N–H and O–H groups in total. The molecule has 0 aromatic rings.